The molecule has 15 nitrogen and oxygen atoms in total. The first-order chi connectivity index (χ1) is 30.9. The van der Waals surface area contributed by atoms with Gasteiger partial charge >= 0.3 is 11.9 Å². The average molecular weight is 875 g/mol. The largest absolute Gasteiger partial charge is 0.493 e. The Labute approximate surface area is 371 Å². The molecule has 6 atom stereocenters. The first-order valence-electron chi connectivity index (χ1n) is 22.0. The fraction of sp³-hybridized carbons (Fsp3) is 0.449. The van der Waals surface area contributed by atoms with E-state index >= 15 is 0 Å². The van der Waals surface area contributed by atoms with Gasteiger partial charge in [0.15, 0.2) is 23.0 Å². The molecular weight excluding hydrogens is 821 g/mol. The molecule has 64 heavy (non-hydrogen) atoms. The summed E-state index contributed by atoms with van der Waals surface area (Å²) in [5.41, 5.74) is 6.46. The number of benzene rings is 2. The maximum absolute atomic E-state index is 13.2. The molecule has 2 saturated carbocycles. The molecule has 4 aromatic rings. The fourth-order valence-electron chi connectivity index (χ4n) is 9.63. The van der Waals surface area contributed by atoms with Crippen LogP contribution in [0.2, 0.25) is 0 Å². The van der Waals surface area contributed by atoms with Gasteiger partial charge in [0.25, 0.3) is 0 Å². The summed E-state index contributed by atoms with van der Waals surface area (Å²) in [7, 11) is 6.57. The van der Waals surface area contributed by atoms with Gasteiger partial charge in [0, 0.05) is 79.1 Å². The summed E-state index contributed by atoms with van der Waals surface area (Å²) in [6.45, 7) is 4.67. The lowest BCUT2D eigenvalue weighted by Crippen LogP contribution is -2.37. The second-order valence-corrected chi connectivity index (χ2v) is 16.8. The molecule has 6 unspecified atom stereocenters. The number of aryl methyl sites for hydroxylation is 2. The van der Waals surface area contributed by atoms with Crippen molar-refractivity contribution in [3.8, 4) is 23.0 Å². The van der Waals surface area contributed by atoms with Crippen molar-refractivity contribution in [2.75, 3.05) is 27.4 Å². The molecular formula is C49H54N4O11. The van der Waals surface area contributed by atoms with Gasteiger partial charge < -0.3 is 37.6 Å². The molecule has 2 fully saturated rings. The molecule has 2 aliphatic carbocycles. The van der Waals surface area contributed by atoms with Crippen molar-refractivity contribution in [3.63, 3.8) is 0 Å². The summed E-state index contributed by atoms with van der Waals surface area (Å²) in [4.78, 5) is 74.5. The monoisotopic (exact) mass is 874 g/mol. The molecule has 2 aromatic heterocycles. The van der Waals surface area contributed by atoms with E-state index in [1.54, 1.807) is 52.8 Å². The van der Waals surface area contributed by atoms with E-state index in [4.69, 9.17) is 38.4 Å². The van der Waals surface area contributed by atoms with Gasteiger partial charge in [0.2, 0.25) is 16.9 Å². The van der Waals surface area contributed by atoms with Gasteiger partial charge in [-0.1, -0.05) is 0 Å². The third-order valence-electron chi connectivity index (χ3n) is 12.8. The molecule has 2 aliphatic heterocycles. The number of carbonyl (C=O) groups is 3. The van der Waals surface area contributed by atoms with E-state index in [9.17, 15) is 24.0 Å². The highest BCUT2D eigenvalue weighted by molar-refractivity contribution is 6.33. The predicted molar refractivity (Wildman–Crippen MR) is 238 cm³/mol. The minimum atomic E-state index is -0.974. The molecule has 0 radical (unpaired) electrons. The van der Waals surface area contributed by atoms with Crippen LogP contribution in [0.25, 0.3) is 0 Å². The second-order valence-electron chi connectivity index (χ2n) is 16.8. The van der Waals surface area contributed by atoms with Crippen LogP contribution in [0.4, 0.5) is 0 Å². The quantitative estimate of drug-likeness (QED) is 0.112. The Hall–Kier alpha value is -6.51. The van der Waals surface area contributed by atoms with Crippen molar-refractivity contribution < 1.29 is 42.8 Å². The lowest BCUT2D eigenvalue weighted by atomic mass is 9.74. The number of hydrogen-bond acceptors (Lipinski definition) is 13. The Morgan fingerprint density at radius 3 is 1.53 bits per heavy atom. The van der Waals surface area contributed by atoms with Crippen LogP contribution in [0, 0.1) is 0 Å². The summed E-state index contributed by atoms with van der Waals surface area (Å²) < 4.78 is 38.1. The number of hydrogen-bond donors (Lipinski definition) is 0. The van der Waals surface area contributed by atoms with Crippen LogP contribution in [-0.4, -0.2) is 90.0 Å². The van der Waals surface area contributed by atoms with Gasteiger partial charge in [-0.3, -0.25) is 29.2 Å². The molecule has 0 bridgehead atoms. The van der Waals surface area contributed by atoms with Crippen LogP contribution in [0.1, 0.15) is 110 Å². The van der Waals surface area contributed by atoms with Crippen molar-refractivity contribution in [3.05, 3.63) is 115 Å². The molecule has 8 rings (SSSR count). The van der Waals surface area contributed by atoms with Crippen molar-refractivity contribution in [2.24, 2.45) is 24.1 Å². The topological polar surface area (TPSA) is 175 Å². The Morgan fingerprint density at radius 1 is 0.625 bits per heavy atom. The van der Waals surface area contributed by atoms with E-state index in [1.807, 2.05) is 38.1 Å². The van der Waals surface area contributed by atoms with Crippen LogP contribution >= 0.6 is 0 Å². The molecule has 4 aliphatic rings. The minimum Gasteiger partial charge on any atom is -0.493 e. The normalized spacial score (nSPS) is 22.0. The third kappa shape index (κ3) is 8.84. The number of rotatable bonds is 14. The number of nitrogens with zero attached hydrogens (tertiary/aromatic N) is 4. The van der Waals surface area contributed by atoms with Crippen LogP contribution in [0.15, 0.2) is 80.5 Å². The lowest BCUT2D eigenvalue weighted by molar-refractivity contribution is -0.160. The maximum atomic E-state index is 13.2. The third-order valence-corrected chi connectivity index (χ3v) is 12.8. The summed E-state index contributed by atoms with van der Waals surface area (Å²) in [6, 6.07) is 14.1. The van der Waals surface area contributed by atoms with Crippen LogP contribution in [0.3, 0.4) is 0 Å². The Bertz CT molecular complexity index is 2660. The minimum absolute atomic E-state index is 0.0931. The highest BCUT2D eigenvalue weighted by Crippen LogP contribution is 2.47. The summed E-state index contributed by atoms with van der Waals surface area (Å²) in [6.07, 6.45) is 5.23. The van der Waals surface area contributed by atoms with E-state index in [-0.39, 0.29) is 47.9 Å². The number of aliphatic imine (C=N–C) groups is 2. The van der Waals surface area contributed by atoms with E-state index in [1.165, 1.54) is 21.3 Å². The van der Waals surface area contributed by atoms with Crippen LogP contribution in [0.5, 0.6) is 23.0 Å². The zero-order valence-electron chi connectivity index (χ0n) is 37.1. The van der Waals surface area contributed by atoms with E-state index in [0.29, 0.717) is 74.7 Å². The van der Waals surface area contributed by atoms with E-state index in [2.05, 4.69) is 0 Å². The number of methoxy groups -OCH3 is 2. The summed E-state index contributed by atoms with van der Waals surface area (Å²) in [5, 5.41) is 0. The molecule has 0 saturated heterocycles. The van der Waals surface area contributed by atoms with Gasteiger partial charge in [-0.25, -0.2) is 4.79 Å². The molecule has 0 amide bonds. The number of ether oxygens (including phenoxy) is 6. The smallest absolute Gasteiger partial charge is 0.374 e. The number of fused-ring (bicyclic) bond motifs is 6. The van der Waals surface area contributed by atoms with Crippen molar-refractivity contribution in [1.29, 1.82) is 0 Å². The van der Waals surface area contributed by atoms with Gasteiger partial charge in [0.1, 0.15) is 12.2 Å². The number of aromatic nitrogens is 2. The van der Waals surface area contributed by atoms with E-state index < -0.39 is 29.9 Å². The van der Waals surface area contributed by atoms with Gasteiger partial charge in [-0.15, -0.1) is 0 Å². The number of carbonyl (C=O) groups excluding carboxylic acids is 3. The predicted octanol–water partition coefficient (Wildman–Crippen LogP) is 5.75. The summed E-state index contributed by atoms with van der Waals surface area (Å²) >= 11 is 0. The SMILES string of the molecule is CCOc1cc2c(cc1OC)C(c1ccc(=O)n(C)c1)=NC1CCC(OC(=O)CCC(=O)C(=O)OC3CCC4N=C(c5ccc(=O)n(C)c5)c5cc(OC)c(OCC)cc5C4C3)CC21. The van der Waals surface area contributed by atoms with Crippen LogP contribution in [-0.2, 0) is 38.0 Å². The molecule has 4 heterocycles. The zero-order valence-corrected chi connectivity index (χ0v) is 37.1. The Morgan fingerprint density at radius 2 is 1.09 bits per heavy atom. The fourth-order valence-corrected chi connectivity index (χ4v) is 9.63. The molecule has 0 N–H and O–H groups in total. The second kappa shape index (κ2) is 18.7. The number of ketones is 1. The van der Waals surface area contributed by atoms with E-state index in [0.717, 1.165) is 44.8 Å². The standard InChI is InChI=1S/C49H54N4O11/c1-7-61-42-21-31-33-19-29(11-13-37(33)50-47(35(31)23-40(42)59-5)27-9-16-44(55)52(3)25-27)63-46(57)18-15-39(54)49(58)64-30-12-14-38-34(20-30)32-22-43(62-8-2)41(60-6)24-36(32)48(51-38)28-10-17-45(56)53(4)26-28/h9-10,16-17,21-26,29-30,33-34,37-38H,7-8,11-15,18-20H2,1-6H3. The maximum Gasteiger partial charge on any atom is 0.374 e. The van der Waals surface area contributed by atoms with Crippen LogP contribution < -0.4 is 30.1 Å². The first-order valence-corrected chi connectivity index (χ1v) is 22.0. The number of pyridine rings is 2. The molecule has 2 aromatic carbocycles. The highest BCUT2D eigenvalue weighted by Gasteiger charge is 2.41. The Kier molecular flexibility index (Phi) is 12.9. The average Bonchev–Trinajstić information content (AvgIpc) is 3.29. The number of Topliss-reactive ketones (excluding diaryl/α,β-unsaturated/α-hetero) is 1. The Balaban J connectivity index is 0.911. The number of esters is 2. The molecule has 15 heteroatoms. The lowest BCUT2D eigenvalue weighted by Gasteiger charge is -2.38. The molecule has 0 spiro atoms. The highest BCUT2D eigenvalue weighted by atomic mass is 16.6. The van der Waals surface area contributed by atoms with Gasteiger partial charge in [-0.2, -0.15) is 0 Å². The van der Waals surface area contributed by atoms with Gasteiger partial charge in [0.05, 0.1) is 57.4 Å². The zero-order chi connectivity index (χ0) is 45.2. The van der Waals surface area contributed by atoms with Gasteiger partial charge in [-0.05, 0) is 99.9 Å². The van der Waals surface area contributed by atoms with Crippen molar-refractivity contribution >= 4 is 29.1 Å². The molecule has 336 valence electrons. The summed E-state index contributed by atoms with van der Waals surface area (Å²) in [5.74, 6) is -0.269. The van der Waals surface area contributed by atoms with Crippen molar-refractivity contribution in [2.45, 2.75) is 101 Å². The first kappa shape index (κ1) is 44.1. The van der Waals surface area contributed by atoms with Crippen molar-refractivity contribution in [1.82, 2.24) is 9.13 Å².